The van der Waals surface area contributed by atoms with Gasteiger partial charge >= 0.3 is 0 Å². The first-order chi connectivity index (χ1) is 8.86. The van der Waals surface area contributed by atoms with Crippen molar-refractivity contribution in [2.24, 2.45) is 0 Å². The number of benzene rings is 1. The van der Waals surface area contributed by atoms with Crippen LogP contribution >= 0.6 is 0 Å². The van der Waals surface area contributed by atoms with E-state index in [1.165, 1.54) is 15.7 Å². The summed E-state index contributed by atoms with van der Waals surface area (Å²) < 4.78 is 27.5. The van der Waals surface area contributed by atoms with Crippen LogP contribution in [0, 0.1) is 0 Å². The number of rotatable bonds is 6. The van der Waals surface area contributed by atoms with Gasteiger partial charge in [0, 0.05) is 25.7 Å². The van der Waals surface area contributed by atoms with Crippen molar-refractivity contribution in [1.82, 2.24) is 8.61 Å². The van der Waals surface area contributed by atoms with Gasteiger partial charge < -0.3 is 5.11 Å². The van der Waals surface area contributed by atoms with Gasteiger partial charge in [0.15, 0.2) is 0 Å². The fourth-order valence-electron chi connectivity index (χ4n) is 1.97. The zero-order valence-corrected chi connectivity index (χ0v) is 12.7. The van der Waals surface area contributed by atoms with Crippen molar-refractivity contribution in [3.05, 3.63) is 29.8 Å². The Bertz CT molecular complexity index is 512. The van der Waals surface area contributed by atoms with Crippen LogP contribution in [0.1, 0.15) is 32.4 Å². The first-order valence-electron chi connectivity index (χ1n) is 6.37. The average molecular weight is 286 g/mol. The van der Waals surface area contributed by atoms with E-state index in [0.29, 0.717) is 18.7 Å². The second-order valence-corrected chi connectivity index (χ2v) is 6.33. The van der Waals surface area contributed by atoms with E-state index in [9.17, 15) is 13.5 Å². The van der Waals surface area contributed by atoms with Crippen molar-refractivity contribution in [1.29, 1.82) is 0 Å². The molecule has 1 N–H and O–H groups in total. The number of nitrogens with zero attached hydrogens (tertiary/aromatic N) is 2. The van der Waals surface area contributed by atoms with Crippen molar-refractivity contribution in [3.8, 4) is 5.75 Å². The molecule has 1 atom stereocenters. The third kappa shape index (κ3) is 3.26. The molecule has 5 nitrogen and oxygen atoms in total. The Labute approximate surface area is 115 Å². The van der Waals surface area contributed by atoms with E-state index < -0.39 is 16.3 Å². The van der Waals surface area contributed by atoms with Crippen LogP contribution in [-0.4, -0.2) is 42.3 Å². The third-order valence-corrected chi connectivity index (χ3v) is 5.54. The molecule has 1 unspecified atom stereocenters. The predicted octanol–water partition coefficient (Wildman–Crippen LogP) is 1.97. The topological polar surface area (TPSA) is 60.9 Å². The Hall–Kier alpha value is -1.11. The molecule has 0 amide bonds. The first kappa shape index (κ1) is 15.9. The highest BCUT2D eigenvalue weighted by molar-refractivity contribution is 7.86. The molecule has 1 aromatic carbocycles. The van der Waals surface area contributed by atoms with E-state index in [1.54, 1.807) is 45.0 Å². The maximum Gasteiger partial charge on any atom is 0.282 e. The van der Waals surface area contributed by atoms with Gasteiger partial charge in [0.2, 0.25) is 0 Å². The molecule has 6 heteroatoms. The van der Waals surface area contributed by atoms with Gasteiger partial charge in [0.05, 0.1) is 6.04 Å². The van der Waals surface area contributed by atoms with Crippen LogP contribution < -0.4 is 0 Å². The summed E-state index contributed by atoms with van der Waals surface area (Å²) in [4.78, 5) is 0. The van der Waals surface area contributed by atoms with E-state index >= 15 is 0 Å². The fourth-order valence-corrected chi connectivity index (χ4v) is 3.50. The van der Waals surface area contributed by atoms with Crippen molar-refractivity contribution in [2.75, 3.05) is 20.1 Å². The van der Waals surface area contributed by atoms with Crippen molar-refractivity contribution in [2.45, 2.75) is 26.8 Å². The van der Waals surface area contributed by atoms with E-state index in [-0.39, 0.29) is 5.75 Å². The molecule has 19 heavy (non-hydrogen) atoms. The number of phenolic OH excluding ortho intramolecular Hbond substituents is 1. The lowest BCUT2D eigenvalue weighted by Crippen LogP contribution is -2.42. The largest absolute Gasteiger partial charge is 0.508 e. The summed E-state index contributed by atoms with van der Waals surface area (Å²) in [6, 6.07) is 6.36. The maximum absolute atomic E-state index is 12.4. The van der Waals surface area contributed by atoms with Crippen LogP contribution in [0.3, 0.4) is 0 Å². The lowest BCUT2D eigenvalue weighted by Gasteiger charge is -2.30. The molecule has 0 fully saturated rings. The highest BCUT2D eigenvalue weighted by atomic mass is 32.2. The Morgan fingerprint density at radius 3 is 2.21 bits per heavy atom. The van der Waals surface area contributed by atoms with E-state index in [1.807, 2.05) is 0 Å². The second kappa shape index (κ2) is 6.36. The summed E-state index contributed by atoms with van der Waals surface area (Å²) >= 11 is 0. The quantitative estimate of drug-likeness (QED) is 0.869. The third-order valence-electron chi connectivity index (χ3n) is 3.33. The van der Waals surface area contributed by atoms with Crippen LogP contribution in [0.2, 0.25) is 0 Å². The Kier molecular flexibility index (Phi) is 5.34. The van der Waals surface area contributed by atoms with Crippen molar-refractivity contribution >= 4 is 10.2 Å². The van der Waals surface area contributed by atoms with Gasteiger partial charge in [-0.2, -0.15) is 17.0 Å². The molecule has 0 radical (unpaired) electrons. The molecule has 1 rings (SSSR count). The molecule has 0 bridgehead atoms. The van der Waals surface area contributed by atoms with E-state index in [4.69, 9.17) is 0 Å². The normalized spacial score (nSPS) is 14.0. The molecule has 0 aliphatic heterocycles. The van der Waals surface area contributed by atoms with Crippen LogP contribution in [0.15, 0.2) is 24.3 Å². The van der Waals surface area contributed by atoms with Crippen LogP contribution in [-0.2, 0) is 10.2 Å². The molecular formula is C13H22N2O3S. The standard InChI is InChI=1S/C13H22N2O3S/c1-5-15(6-2)19(17,18)14(4)11(3)12-9-7-8-10-13(12)16/h7-11,16H,5-6H2,1-4H3. The highest BCUT2D eigenvalue weighted by Gasteiger charge is 2.29. The Morgan fingerprint density at radius 2 is 1.74 bits per heavy atom. The molecule has 0 spiro atoms. The van der Waals surface area contributed by atoms with Crippen LogP contribution in [0.5, 0.6) is 5.75 Å². The zero-order chi connectivity index (χ0) is 14.6. The SMILES string of the molecule is CCN(CC)S(=O)(=O)N(C)C(C)c1ccccc1O. The Balaban J connectivity index is 3.07. The summed E-state index contributed by atoms with van der Waals surface area (Å²) in [5, 5.41) is 9.81. The summed E-state index contributed by atoms with van der Waals surface area (Å²) in [5.41, 5.74) is 0.598. The maximum atomic E-state index is 12.4. The number of para-hydroxylation sites is 1. The molecule has 1 aromatic rings. The molecule has 108 valence electrons. The lowest BCUT2D eigenvalue weighted by molar-refractivity contribution is 0.333. The van der Waals surface area contributed by atoms with Gasteiger partial charge in [-0.3, -0.25) is 0 Å². The zero-order valence-electron chi connectivity index (χ0n) is 11.9. The monoisotopic (exact) mass is 286 g/mol. The molecule has 0 aromatic heterocycles. The number of phenols is 1. The smallest absolute Gasteiger partial charge is 0.282 e. The van der Waals surface area contributed by atoms with Crippen LogP contribution in [0.25, 0.3) is 0 Å². The molecule has 0 saturated heterocycles. The van der Waals surface area contributed by atoms with Gasteiger partial charge in [0.1, 0.15) is 5.75 Å². The van der Waals surface area contributed by atoms with Crippen LogP contribution in [0.4, 0.5) is 0 Å². The summed E-state index contributed by atoms with van der Waals surface area (Å²) in [5.74, 6) is 0.108. The average Bonchev–Trinajstić information content (AvgIpc) is 2.38. The minimum absolute atomic E-state index is 0.108. The molecule has 0 aliphatic carbocycles. The molecule has 0 saturated carbocycles. The Morgan fingerprint density at radius 1 is 1.21 bits per heavy atom. The summed E-state index contributed by atoms with van der Waals surface area (Å²) in [7, 11) is -1.98. The predicted molar refractivity (Wildman–Crippen MR) is 76.1 cm³/mol. The second-order valence-electron chi connectivity index (χ2n) is 4.34. The van der Waals surface area contributed by atoms with E-state index in [0.717, 1.165) is 0 Å². The highest BCUT2D eigenvalue weighted by Crippen LogP contribution is 2.29. The van der Waals surface area contributed by atoms with Gasteiger partial charge in [-0.05, 0) is 13.0 Å². The number of aromatic hydroxyl groups is 1. The van der Waals surface area contributed by atoms with E-state index in [2.05, 4.69) is 0 Å². The minimum atomic E-state index is -3.51. The molecule has 0 aliphatic rings. The molecular weight excluding hydrogens is 264 g/mol. The number of hydrogen-bond acceptors (Lipinski definition) is 3. The van der Waals surface area contributed by atoms with Crippen molar-refractivity contribution in [3.63, 3.8) is 0 Å². The van der Waals surface area contributed by atoms with Gasteiger partial charge in [-0.25, -0.2) is 0 Å². The number of hydrogen-bond donors (Lipinski definition) is 1. The fraction of sp³-hybridized carbons (Fsp3) is 0.538. The van der Waals surface area contributed by atoms with Gasteiger partial charge in [-0.1, -0.05) is 32.0 Å². The van der Waals surface area contributed by atoms with Gasteiger partial charge in [-0.15, -0.1) is 0 Å². The van der Waals surface area contributed by atoms with Crippen molar-refractivity contribution < 1.29 is 13.5 Å². The molecule has 0 heterocycles. The first-order valence-corrected chi connectivity index (χ1v) is 7.76. The summed E-state index contributed by atoms with van der Waals surface area (Å²) in [6.07, 6.45) is 0. The minimum Gasteiger partial charge on any atom is -0.508 e. The van der Waals surface area contributed by atoms with Gasteiger partial charge in [0.25, 0.3) is 10.2 Å². The lowest BCUT2D eigenvalue weighted by atomic mass is 10.1. The summed E-state index contributed by atoms with van der Waals surface area (Å²) in [6.45, 7) is 6.22.